The van der Waals surface area contributed by atoms with Gasteiger partial charge in [-0.15, -0.1) is 0 Å². The Morgan fingerprint density at radius 2 is 1.83 bits per heavy atom. The Labute approximate surface area is 180 Å². The van der Waals surface area contributed by atoms with Gasteiger partial charge in [0.15, 0.2) is 6.10 Å². The zero-order chi connectivity index (χ0) is 21.1. The first-order valence-electron chi connectivity index (χ1n) is 9.83. The Balaban J connectivity index is 1.37. The number of carbonyl (C=O) groups is 1. The standard InChI is InChI=1S/C21H23ClN6O2/c1-15-14-18(8-9-19(15)22)30-16(2)20(29)26-10-12-27(13-11-26)21-23-24-25-28(21)17-6-4-3-5-7-17/h3-9,14,16H,10-13H2,1-2H3. The third-order valence-corrected chi connectivity index (χ3v) is 5.54. The van der Waals surface area contributed by atoms with Crippen molar-refractivity contribution in [1.29, 1.82) is 0 Å². The molecule has 1 amide bonds. The van der Waals surface area contributed by atoms with Gasteiger partial charge in [-0.25, -0.2) is 0 Å². The predicted molar refractivity (Wildman–Crippen MR) is 114 cm³/mol. The van der Waals surface area contributed by atoms with Gasteiger partial charge in [0.2, 0.25) is 5.95 Å². The van der Waals surface area contributed by atoms with Crippen molar-refractivity contribution in [3.05, 3.63) is 59.1 Å². The highest BCUT2D eigenvalue weighted by Crippen LogP contribution is 2.23. The number of tetrazole rings is 1. The van der Waals surface area contributed by atoms with Crippen molar-refractivity contribution >= 4 is 23.5 Å². The van der Waals surface area contributed by atoms with E-state index in [-0.39, 0.29) is 5.91 Å². The van der Waals surface area contributed by atoms with Crippen molar-refractivity contribution in [2.45, 2.75) is 20.0 Å². The van der Waals surface area contributed by atoms with Gasteiger partial charge in [-0.3, -0.25) is 4.79 Å². The second-order valence-corrected chi connectivity index (χ2v) is 7.62. The van der Waals surface area contributed by atoms with Gasteiger partial charge in [-0.05, 0) is 60.2 Å². The number of nitrogens with zero attached hydrogens (tertiary/aromatic N) is 6. The summed E-state index contributed by atoms with van der Waals surface area (Å²) >= 11 is 6.06. The Morgan fingerprint density at radius 1 is 1.10 bits per heavy atom. The molecule has 1 fully saturated rings. The van der Waals surface area contributed by atoms with Gasteiger partial charge < -0.3 is 14.5 Å². The van der Waals surface area contributed by atoms with Gasteiger partial charge in [0.25, 0.3) is 5.91 Å². The lowest BCUT2D eigenvalue weighted by Gasteiger charge is -2.35. The average molecular weight is 427 g/mol. The lowest BCUT2D eigenvalue weighted by atomic mass is 10.2. The van der Waals surface area contributed by atoms with Crippen molar-refractivity contribution in [3.63, 3.8) is 0 Å². The summed E-state index contributed by atoms with van der Waals surface area (Å²) in [6, 6.07) is 15.1. The molecule has 1 unspecified atom stereocenters. The molecule has 1 aliphatic rings. The molecule has 30 heavy (non-hydrogen) atoms. The fraction of sp³-hybridized carbons (Fsp3) is 0.333. The fourth-order valence-corrected chi connectivity index (χ4v) is 3.56. The van der Waals surface area contributed by atoms with Gasteiger partial charge in [0, 0.05) is 31.2 Å². The normalized spacial score (nSPS) is 15.2. The molecule has 2 heterocycles. The summed E-state index contributed by atoms with van der Waals surface area (Å²) in [7, 11) is 0. The highest BCUT2D eigenvalue weighted by Gasteiger charge is 2.28. The first-order valence-corrected chi connectivity index (χ1v) is 10.2. The van der Waals surface area contributed by atoms with Crippen molar-refractivity contribution in [2.24, 2.45) is 0 Å². The van der Waals surface area contributed by atoms with Crippen molar-refractivity contribution in [3.8, 4) is 11.4 Å². The number of hydrogen-bond donors (Lipinski definition) is 0. The topological polar surface area (TPSA) is 76.4 Å². The maximum Gasteiger partial charge on any atom is 0.263 e. The number of carbonyl (C=O) groups excluding carboxylic acids is 1. The van der Waals surface area contributed by atoms with E-state index in [0.717, 1.165) is 11.3 Å². The molecular weight excluding hydrogens is 404 g/mol. The summed E-state index contributed by atoms with van der Waals surface area (Å²) in [4.78, 5) is 16.8. The minimum absolute atomic E-state index is 0.0371. The molecule has 0 N–H and O–H groups in total. The highest BCUT2D eigenvalue weighted by atomic mass is 35.5. The molecule has 156 valence electrons. The molecule has 1 aliphatic heterocycles. The van der Waals surface area contributed by atoms with Crippen LogP contribution >= 0.6 is 11.6 Å². The second-order valence-electron chi connectivity index (χ2n) is 7.21. The number of aryl methyl sites for hydroxylation is 1. The van der Waals surface area contributed by atoms with Crippen LogP contribution in [0.25, 0.3) is 5.69 Å². The van der Waals surface area contributed by atoms with Gasteiger partial charge in [-0.1, -0.05) is 34.9 Å². The third kappa shape index (κ3) is 4.23. The number of ether oxygens (including phenoxy) is 1. The van der Waals surface area contributed by atoms with Crippen LogP contribution in [0, 0.1) is 6.92 Å². The minimum atomic E-state index is -0.577. The Hall–Kier alpha value is -3.13. The van der Waals surface area contributed by atoms with E-state index in [0.29, 0.717) is 42.9 Å². The lowest BCUT2D eigenvalue weighted by molar-refractivity contribution is -0.138. The summed E-state index contributed by atoms with van der Waals surface area (Å²) in [6.45, 7) is 6.12. The van der Waals surface area contributed by atoms with Crippen molar-refractivity contribution in [1.82, 2.24) is 25.1 Å². The van der Waals surface area contributed by atoms with E-state index in [1.165, 1.54) is 0 Å². The monoisotopic (exact) mass is 426 g/mol. The van der Waals surface area contributed by atoms with Crippen LogP contribution in [0.4, 0.5) is 5.95 Å². The van der Waals surface area contributed by atoms with Crippen LogP contribution in [0.1, 0.15) is 12.5 Å². The minimum Gasteiger partial charge on any atom is -0.481 e. The lowest BCUT2D eigenvalue weighted by Crippen LogP contribution is -2.52. The molecule has 0 spiro atoms. The number of aromatic nitrogens is 4. The molecule has 0 radical (unpaired) electrons. The molecule has 0 saturated carbocycles. The van der Waals surface area contributed by atoms with E-state index in [2.05, 4.69) is 20.4 Å². The predicted octanol–water partition coefficient (Wildman–Crippen LogP) is 2.74. The number of para-hydroxylation sites is 1. The smallest absolute Gasteiger partial charge is 0.263 e. The van der Waals surface area contributed by atoms with Gasteiger partial charge in [0.05, 0.1) is 5.69 Å². The second kappa shape index (κ2) is 8.71. The van der Waals surface area contributed by atoms with E-state index in [1.807, 2.05) is 48.2 Å². The number of benzene rings is 2. The van der Waals surface area contributed by atoms with E-state index in [1.54, 1.807) is 23.7 Å². The summed E-state index contributed by atoms with van der Waals surface area (Å²) in [5.41, 5.74) is 1.81. The number of amides is 1. The maximum absolute atomic E-state index is 12.8. The first-order chi connectivity index (χ1) is 14.5. The summed E-state index contributed by atoms with van der Waals surface area (Å²) in [5, 5.41) is 12.8. The Kier molecular flexibility index (Phi) is 5.85. The quantitative estimate of drug-likeness (QED) is 0.624. The molecule has 4 rings (SSSR count). The maximum atomic E-state index is 12.8. The van der Waals surface area contributed by atoms with Gasteiger partial charge in [-0.2, -0.15) is 4.68 Å². The van der Waals surface area contributed by atoms with Crippen LogP contribution in [0.2, 0.25) is 5.02 Å². The largest absolute Gasteiger partial charge is 0.481 e. The van der Waals surface area contributed by atoms with Crippen LogP contribution in [-0.4, -0.2) is 63.3 Å². The Bertz CT molecular complexity index is 1020. The molecule has 1 atom stereocenters. The number of hydrogen-bond acceptors (Lipinski definition) is 6. The molecule has 9 heteroatoms. The van der Waals surface area contributed by atoms with Crippen LogP contribution in [0.5, 0.6) is 5.75 Å². The van der Waals surface area contributed by atoms with Crippen LogP contribution in [0.15, 0.2) is 48.5 Å². The van der Waals surface area contributed by atoms with Crippen LogP contribution in [0.3, 0.4) is 0 Å². The zero-order valence-electron chi connectivity index (χ0n) is 16.9. The third-order valence-electron chi connectivity index (χ3n) is 5.12. The molecule has 2 aromatic carbocycles. The molecule has 1 saturated heterocycles. The molecular formula is C21H23ClN6O2. The average Bonchev–Trinajstić information content (AvgIpc) is 3.26. The number of anilines is 1. The SMILES string of the molecule is Cc1cc(OC(C)C(=O)N2CCN(c3nnnn3-c3ccccc3)CC2)ccc1Cl. The fourth-order valence-electron chi connectivity index (χ4n) is 3.44. The molecule has 0 bridgehead atoms. The van der Waals surface area contributed by atoms with Crippen LogP contribution < -0.4 is 9.64 Å². The summed E-state index contributed by atoms with van der Waals surface area (Å²) in [5.74, 6) is 1.28. The Morgan fingerprint density at radius 3 is 2.53 bits per heavy atom. The molecule has 0 aliphatic carbocycles. The van der Waals surface area contributed by atoms with E-state index >= 15 is 0 Å². The summed E-state index contributed by atoms with van der Waals surface area (Å²) in [6.07, 6.45) is -0.577. The van der Waals surface area contributed by atoms with Crippen molar-refractivity contribution < 1.29 is 9.53 Å². The van der Waals surface area contributed by atoms with Crippen molar-refractivity contribution in [2.75, 3.05) is 31.1 Å². The number of halogens is 1. The van der Waals surface area contributed by atoms with E-state index < -0.39 is 6.10 Å². The van der Waals surface area contributed by atoms with Gasteiger partial charge in [0.1, 0.15) is 5.75 Å². The molecule has 8 nitrogen and oxygen atoms in total. The zero-order valence-corrected chi connectivity index (χ0v) is 17.7. The van der Waals surface area contributed by atoms with Gasteiger partial charge >= 0.3 is 0 Å². The molecule has 3 aromatic rings. The number of rotatable bonds is 5. The van der Waals surface area contributed by atoms with E-state index in [9.17, 15) is 4.79 Å². The van der Waals surface area contributed by atoms with Crippen LogP contribution in [-0.2, 0) is 4.79 Å². The first kappa shape index (κ1) is 20.2. The summed E-state index contributed by atoms with van der Waals surface area (Å²) < 4.78 is 7.56. The number of piperazine rings is 1. The highest BCUT2D eigenvalue weighted by molar-refractivity contribution is 6.31. The van der Waals surface area contributed by atoms with E-state index in [4.69, 9.17) is 16.3 Å². The molecule has 1 aromatic heterocycles.